The van der Waals surface area contributed by atoms with Crippen LogP contribution in [0.2, 0.25) is 0 Å². The molecule has 1 unspecified atom stereocenters. The molecule has 10 heavy (non-hydrogen) atoms. The minimum absolute atomic E-state index is 0.818. The molecule has 0 aromatic rings. The van der Waals surface area contributed by atoms with Crippen LogP contribution in [0.4, 0.5) is 0 Å². The van der Waals surface area contributed by atoms with Gasteiger partial charge in [0.25, 0.3) is 0 Å². The van der Waals surface area contributed by atoms with Crippen LogP contribution in [-0.4, -0.2) is 12.3 Å². The molecule has 0 saturated heterocycles. The Labute approximate surface area is 61.9 Å². The molecule has 0 amide bonds. The SMILES string of the molecule is C1=CC2=NCCCC2CC1. The number of hydrogen-bond donors (Lipinski definition) is 0. The van der Waals surface area contributed by atoms with E-state index in [4.69, 9.17) is 0 Å². The van der Waals surface area contributed by atoms with Gasteiger partial charge in [0, 0.05) is 18.2 Å². The highest BCUT2D eigenvalue weighted by Gasteiger charge is 2.18. The van der Waals surface area contributed by atoms with Gasteiger partial charge in [0.1, 0.15) is 0 Å². The summed E-state index contributed by atoms with van der Waals surface area (Å²) in [5, 5.41) is 0. The fourth-order valence-corrected chi connectivity index (χ4v) is 1.81. The molecule has 1 aliphatic heterocycles. The third kappa shape index (κ3) is 1.00. The van der Waals surface area contributed by atoms with Gasteiger partial charge in [-0.2, -0.15) is 0 Å². The van der Waals surface area contributed by atoms with Crippen LogP contribution in [0.5, 0.6) is 0 Å². The van der Waals surface area contributed by atoms with Crippen LogP contribution < -0.4 is 0 Å². The molecule has 1 heterocycles. The van der Waals surface area contributed by atoms with Crippen LogP contribution in [0.25, 0.3) is 0 Å². The van der Waals surface area contributed by atoms with E-state index in [1.807, 2.05) is 0 Å². The van der Waals surface area contributed by atoms with Crippen LogP contribution in [0.15, 0.2) is 17.1 Å². The predicted molar refractivity (Wildman–Crippen MR) is 43.4 cm³/mol. The fraction of sp³-hybridized carbons (Fsp3) is 0.667. The van der Waals surface area contributed by atoms with Gasteiger partial charge in [0.15, 0.2) is 0 Å². The van der Waals surface area contributed by atoms with Crippen molar-refractivity contribution >= 4 is 5.71 Å². The molecule has 0 spiro atoms. The molecule has 0 N–H and O–H groups in total. The van der Waals surface area contributed by atoms with Crippen molar-refractivity contribution in [2.75, 3.05) is 6.54 Å². The molecule has 0 bridgehead atoms. The molecule has 1 atom stereocenters. The van der Waals surface area contributed by atoms with Gasteiger partial charge in [-0.3, -0.25) is 4.99 Å². The molecule has 54 valence electrons. The summed E-state index contributed by atoms with van der Waals surface area (Å²) in [5.41, 5.74) is 1.37. The lowest BCUT2D eigenvalue weighted by molar-refractivity contribution is 0.531. The standard InChI is InChI=1S/C9H13N/c1-2-6-9-8(4-1)5-3-7-10-9/h2,6,8H,1,3-5,7H2. The third-order valence-corrected chi connectivity index (χ3v) is 2.39. The Balaban J connectivity index is 2.21. The fourth-order valence-electron chi connectivity index (χ4n) is 1.81. The molecule has 0 aromatic heterocycles. The van der Waals surface area contributed by atoms with Crippen molar-refractivity contribution < 1.29 is 0 Å². The summed E-state index contributed by atoms with van der Waals surface area (Å²) < 4.78 is 0. The van der Waals surface area contributed by atoms with Crippen molar-refractivity contribution in [1.29, 1.82) is 0 Å². The summed E-state index contributed by atoms with van der Waals surface area (Å²) in [6, 6.07) is 0. The van der Waals surface area contributed by atoms with E-state index in [0.29, 0.717) is 0 Å². The Morgan fingerprint density at radius 2 is 2.40 bits per heavy atom. The highest BCUT2D eigenvalue weighted by atomic mass is 14.8. The average Bonchev–Trinajstić information content (AvgIpc) is 2.05. The number of rotatable bonds is 0. The second kappa shape index (κ2) is 2.57. The van der Waals surface area contributed by atoms with Crippen molar-refractivity contribution in [1.82, 2.24) is 0 Å². The van der Waals surface area contributed by atoms with E-state index in [1.54, 1.807) is 0 Å². The average molecular weight is 135 g/mol. The molecule has 1 heteroatoms. The number of nitrogens with zero attached hydrogens (tertiary/aromatic N) is 1. The van der Waals surface area contributed by atoms with E-state index in [2.05, 4.69) is 17.1 Å². The second-order valence-electron chi connectivity index (χ2n) is 3.13. The summed E-state index contributed by atoms with van der Waals surface area (Å²) in [6.07, 6.45) is 9.76. The van der Waals surface area contributed by atoms with E-state index in [1.165, 1.54) is 31.4 Å². The van der Waals surface area contributed by atoms with Gasteiger partial charge < -0.3 is 0 Å². The molecular formula is C9H13N. The Hall–Kier alpha value is -0.590. The zero-order chi connectivity index (χ0) is 6.81. The third-order valence-electron chi connectivity index (χ3n) is 2.39. The largest absolute Gasteiger partial charge is 0.289 e. The van der Waals surface area contributed by atoms with Gasteiger partial charge in [0.05, 0.1) is 0 Å². The number of allylic oxidation sites excluding steroid dienone is 2. The highest BCUT2D eigenvalue weighted by molar-refractivity contribution is 5.97. The number of aliphatic imine (C=N–C) groups is 1. The van der Waals surface area contributed by atoms with Gasteiger partial charge in [-0.1, -0.05) is 6.08 Å². The first kappa shape index (κ1) is 6.14. The Morgan fingerprint density at radius 3 is 3.30 bits per heavy atom. The normalized spacial score (nSPS) is 31.2. The lowest BCUT2D eigenvalue weighted by atomic mass is 9.87. The molecule has 0 radical (unpaired) electrons. The summed E-state index contributed by atoms with van der Waals surface area (Å²) in [6.45, 7) is 1.07. The second-order valence-corrected chi connectivity index (χ2v) is 3.13. The zero-order valence-corrected chi connectivity index (χ0v) is 6.21. The molecule has 2 rings (SSSR count). The maximum atomic E-state index is 4.48. The zero-order valence-electron chi connectivity index (χ0n) is 6.21. The summed E-state index contributed by atoms with van der Waals surface area (Å²) >= 11 is 0. The van der Waals surface area contributed by atoms with E-state index in [0.717, 1.165) is 12.5 Å². The molecule has 0 saturated carbocycles. The van der Waals surface area contributed by atoms with Crippen molar-refractivity contribution in [3.05, 3.63) is 12.2 Å². The van der Waals surface area contributed by atoms with E-state index in [-0.39, 0.29) is 0 Å². The summed E-state index contributed by atoms with van der Waals surface area (Å²) in [7, 11) is 0. The van der Waals surface area contributed by atoms with E-state index >= 15 is 0 Å². The maximum Gasteiger partial charge on any atom is 0.0392 e. The molecule has 2 aliphatic rings. The van der Waals surface area contributed by atoms with Crippen molar-refractivity contribution in [2.24, 2.45) is 10.9 Å². The molecule has 0 fully saturated rings. The molecule has 1 aliphatic carbocycles. The molecule has 0 aromatic carbocycles. The van der Waals surface area contributed by atoms with Gasteiger partial charge in [-0.15, -0.1) is 0 Å². The Morgan fingerprint density at radius 1 is 1.40 bits per heavy atom. The van der Waals surface area contributed by atoms with Crippen molar-refractivity contribution in [3.8, 4) is 0 Å². The predicted octanol–water partition coefficient (Wildman–Crippen LogP) is 2.19. The number of fused-ring (bicyclic) bond motifs is 1. The van der Waals surface area contributed by atoms with Crippen LogP contribution in [0.3, 0.4) is 0 Å². The smallest absolute Gasteiger partial charge is 0.0392 e. The van der Waals surface area contributed by atoms with Crippen LogP contribution in [0.1, 0.15) is 25.7 Å². The topological polar surface area (TPSA) is 12.4 Å². The monoisotopic (exact) mass is 135 g/mol. The van der Waals surface area contributed by atoms with Gasteiger partial charge in [0.2, 0.25) is 0 Å². The molecule has 1 nitrogen and oxygen atoms in total. The van der Waals surface area contributed by atoms with Gasteiger partial charge >= 0.3 is 0 Å². The lowest BCUT2D eigenvalue weighted by Gasteiger charge is -2.23. The van der Waals surface area contributed by atoms with E-state index < -0.39 is 0 Å². The van der Waals surface area contributed by atoms with Gasteiger partial charge in [-0.05, 0) is 31.8 Å². The first-order chi connectivity index (χ1) is 4.97. The highest BCUT2D eigenvalue weighted by Crippen LogP contribution is 2.24. The summed E-state index contributed by atoms with van der Waals surface area (Å²) in [4.78, 5) is 4.48. The molecular weight excluding hydrogens is 122 g/mol. The van der Waals surface area contributed by atoms with Crippen LogP contribution in [-0.2, 0) is 0 Å². The Kier molecular flexibility index (Phi) is 1.58. The lowest BCUT2D eigenvalue weighted by Crippen LogP contribution is -2.19. The van der Waals surface area contributed by atoms with Crippen LogP contribution in [0, 0.1) is 5.92 Å². The van der Waals surface area contributed by atoms with Gasteiger partial charge in [-0.25, -0.2) is 0 Å². The first-order valence-electron chi connectivity index (χ1n) is 4.18. The van der Waals surface area contributed by atoms with Crippen molar-refractivity contribution in [2.45, 2.75) is 25.7 Å². The Bertz CT molecular complexity index is 179. The van der Waals surface area contributed by atoms with E-state index in [9.17, 15) is 0 Å². The maximum absolute atomic E-state index is 4.48. The van der Waals surface area contributed by atoms with Crippen molar-refractivity contribution in [3.63, 3.8) is 0 Å². The quantitative estimate of drug-likeness (QED) is 0.483. The van der Waals surface area contributed by atoms with Crippen LogP contribution >= 0.6 is 0 Å². The minimum Gasteiger partial charge on any atom is -0.289 e. The minimum atomic E-state index is 0.818. The summed E-state index contributed by atoms with van der Waals surface area (Å²) in [5.74, 6) is 0.818. The first-order valence-corrected chi connectivity index (χ1v) is 4.18. The number of hydrogen-bond acceptors (Lipinski definition) is 1.